The Kier molecular flexibility index (Phi) is 4.92. The van der Waals surface area contributed by atoms with Gasteiger partial charge < -0.3 is 9.80 Å². The van der Waals surface area contributed by atoms with Crippen molar-refractivity contribution in [3.63, 3.8) is 0 Å². The molecule has 6 nitrogen and oxygen atoms in total. The third-order valence-corrected chi connectivity index (χ3v) is 6.53. The zero-order chi connectivity index (χ0) is 18.0. The van der Waals surface area contributed by atoms with Crippen LogP contribution in [0.3, 0.4) is 0 Å². The Morgan fingerprint density at radius 3 is 2.58 bits per heavy atom. The van der Waals surface area contributed by atoms with Crippen molar-refractivity contribution < 1.29 is 9.59 Å². The minimum absolute atomic E-state index is 0.116. The van der Waals surface area contributed by atoms with Crippen molar-refractivity contribution in [1.82, 2.24) is 19.8 Å². The van der Waals surface area contributed by atoms with E-state index in [0.29, 0.717) is 25.2 Å². The molecule has 3 heterocycles. The average Bonchev–Trinajstić information content (AvgIpc) is 2.92. The quantitative estimate of drug-likeness (QED) is 0.810. The van der Waals surface area contributed by atoms with E-state index in [1.54, 1.807) is 12.4 Å². The van der Waals surface area contributed by atoms with Crippen LogP contribution in [0.25, 0.3) is 0 Å². The molecule has 4 rings (SSSR count). The van der Waals surface area contributed by atoms with Crippen LogP contribution in [0.1, 0.15) is 50.5 Å². The molecule has 2 saturated heterocycles. The molecule has 0 aromatic carbocycles. The van der Waals surface area contributed by atoms with E-state index in [-0.39, 0.29) is 11.3 Å². The Morgan fingerprint density at radius 1 is 1.19 bits per heavy atom. The number of hydrogen-bond donors (Lipinski definition) is 0. The van der Waals surface area contributed by atoms with Gasteiger partial charge in [0.05, 0.1) is 0 Å². The SMILES string of the molecule is O=C(CCc1cncnc1)N1CCC2(CC1)CC(=O)N(CC1CCC1)C2. The number of rotatable bonds is 5. The molecule has 140 valence electrons. The Balaban J connectivity index is 1.25. The van der Waals surface area contributed by atoms with E-state index in [2.05, 4.69) is 14.9 Å². The fourth-order valence-corrected chi connectivity index (χ4v) is 4.57. The highest BCUT2D eigenvalue weighted by Crippen LogP contribution is 2.42. The summed E-state index contributed by atoms with van der Waals surface area (Å²) < 4.78 is 0. The largest absolute Gasteiger partial charge is 0.343 e. The molecule has 1 aromatic heterocycles. The monoisotopic (exact) mass is 356 g/mol. The van der Waals surface area contributed by atoms with Gasteiger partial charge in [0.1, 0.15) is 6.33 Å². The van der Waals surface area contributed by atoms with Crippen molar-refractivity contribution in [2.75, 3.05) is 26.2 Å². The zero-order valence-corrected chi connectivity index (χ0v) is 15.4. The smallest absolute Gasteiger partial charge is 0.223 e. The second-order valence-electron chi connectivity index (χ2n) is 8.38. The summed E-state index contributed by atoms with van der Waals surface area (Å²) in [6.07, 6.45) is 12.7. The van der Waals surface area contributed by atoms with Crippen molar-refractivity contribution in [2.45, 2.75) is 51.4 Å². The van der Waals surface area contributed by atoms with Crippen LogP contribution >= 0.6 is 0 Å². The summed E-state index contributed by atoms with van der Waals surface area (Å²) >= 11 is 0. The van der Waals surface area contributed by atoms with E-state index >= 15 is 0 Å². The summed E-state index contributed by atoms with van der Waals surface area (Å²) in [5, 5.41) is 0. The first kappa shape index (κ1) is 17.4. The van der Waals surface area contributed by atoms with Gasteiger partial charge in [0, 0.05) is 56.8 Å². The van der Waals surface area contributed by atoms with E-state index in [1.807, 2.05) is 4.90 Å². The zero-order valence-electron chi connectivity index (χ0n) is 15.4. The average molecular weight is 356 g/mol. The van der Waals surface area contributed by atoms with Crippen LogP contribution in [0.2, 0.25) is 0 Å². The molecule has 0 bridgehead atoms. The number of carbonyl (C=O) groups excluding carboxylic acids is 2. The second-order valence-corrected chi connectivity index (χ2v) is 8.38. The summed E-state index contributed by atoms with van der Waals surface area (Å²) in [4.78, 5) is 37.0. The molecule has 0 unspecified atom stereocenters. The minimum Gasteiger partial charge on any atom is -0.343 e. The fraction of sp³-hybridized carbons (Fsp3) is 0.700. The first-order valence-electron chi connectivity index (χ1n) is 9.93. The van der Waals surface area contributed by atoms with Gasteiger partial charge in [-0.25, -0.2) is 9.97 Å². The molecule has 0 radical (unpaired) electrons. The van der Waals surface area contributed by atoms with Gasteiger partial charge in [-0.1, -0.05) is 6.42 Å². The van der Waals surface area contributed by atoms with E-state index < -0.39 is 0 Å². The molecule has 26 heavy (non-hydrogen) atoms. The lowest BCUT2D eigenvalue weighted by atomic mass is 9.77. The van der Waals surface area contributed by atoms with E-state index in [1.165, 1.54) is 25.6 Å². The molecular formula is C20H28N4O2. The van der Waals surface area contributed by atoms with Crippen LogP contribution in [-0.2, 0) is 16.0 Å². The molecule has 0 atom stereocenters. The van der Waals surface area contributed by atoms with Crippen LogP contribution in [0, 0.1) is 11.3 Å². The number of carbonyl (C=O) groups is 2. The molecule has 1 saturated carbocycles. The maximum atomic E-state index is 12.5. The molecule has 1 aliphatic carbocycles. The van der Waals surface area contributed by atoms with Crippen LogP contribution in [-0.4, -0.2) is 57.8 Å². The number of aromatic nitrogens is 2. The van der Waals surface area contributed by atoms with Gasteiger partial charge in [-0.2, -0.15) is 0 Å². The molecule has 0 N–H and O–H groups in total. The lowest BCUT2D eigenvalue weighted by Gasteiger charge is -2.39. The van der Waals surface area contributed by atoms with E-state index in [0.717, 1.165) is 50.5 Å². The summed E-state index contributed by atoms with van der Waals surface area (Å²) in [6, 6.07) is 0. The van der Waals surface area contributed by atoms with Crippen molar-refractivity contribution in [3.8, 4) is 0 Å². The van der Waals surface area contributed by atoms with Crippen LogP contribution in [0.5, 0.6) is 0 Å². The minimum atomic E-state index is 0.116. The lowest BCUT2D eigenvalue weighted by molar-refractivity contribution is -0.133. The predicted octanol–water partition coefficient (Wildman–Crippen LogP) is 2.05. The van der Waals surface area contributed by atoms with Gasteiger partial charge in [0.15, 0.2) is 0 Å². The topological polar surface area (TPSA) is 66.4 Å². The maximum Gasteiger partial charge on any atom is 0.223 e. The van der Waals surface area contributed by atoms with Gasteiger partial charge in [-0.3, -0.25) is 9.59 Å². The summed E-state index contributed by atoms with van der Waals surface area (Å²) in [7, 11) is 0. The van der Waals surface area contributed by atoms with Gasteiger partial charge in [0.25, 0.3) is 0 Å². The normalized spacial score (nSPS) is 22.7. The molecule has 6 heteroatoms. The molecule has 2 aliphatic heterocycles. The summed E-state index contributed by atoms with van der Waals surface area (Å²) in [5.74, 6) is 1.28. The summed E-state index contributed by atoms with van der Waals surface area (Å²) in [5.41, 5.74) is 1.12. The Labute approximate surface area is 155 Å². The Morgan fingerprint density at radius 2 is 1.92 bits per heavy atom. The molecule has 3 fully saturated rings. The van der Waals surface area contributed by atoms with Gasteiger partial charge in [0.2, 0.25) is 11.8 Å². The van der Waals surface area contributed by atoms with E-state index in [4.69, 9.17) is 0 Å². The first-order chi connectivity index (χ1) is 12.6. The van der Waals surface area contributed by atoms with Crippen LogP contribution < -0.4 is 0 Å². The van der Waals surface area contributed by atoms with Crippen molar-refractivity contribution in [1.29, 1.82) is 0 Å². The van der Waals surface area contributed by atoms with E-state index in [9.17, 15) is 9.59 Å². The predicted molar refractivity (Wildman–Crippen MR) is 97.1 cm³/mol. The fourth-order valence-electron chi connectivity index (χ4n) is 4.57. The molecule has 1 aromatic rings. The molecule has 1 spiro atoms. The van der Waals surface area contributed by atoms with Gasteiger partial charge in [-0.15, -0.1) is 0 Å². The molecular weight excluding hydrogens is 328 g/mol. The highest BCUT2D eigenvalue weighted by molar-refractivity contribution is 5.80. The standard InChI is InChI=1S/C20H28N4O2/c25-18(5-4-17-11-21-15-22-12-17)23-8-6-20(7-9-23)10-19(26)24(14-20)13-16-2-1-3-16/h11-12,15-16H,1-10,13-14H2. The maximum absolute atomic E-state index is 12.5. The van der Waals surface area contributed by atoms with Gasteiger partial charge in [-0.05, 0) is 43.6 Å². The second kappa shape index (κ2) is 7.33. The number of piperidine rings is 1. The number of likely N-dealkylation sites (tertiary alicyclic amines) is 2. The molecule has 2 amide bonds. The van der Waals surface area contributed by atoms with Crippen LogP contribution in [0.4, 0.5) is 0 Å². The third-order valence-electron chi connectivity index (χ3n) is 6.53. The highest BCUT2D eigenvalue weighted by atomic mass is 16.2. The first-order valence-corrected chi connectivity index (χ1v) is 9.93. The Bertz CT molecular complexity index is 651. The third kappa shape index (κ3) is 3.74. The van der Waals surface area contributed by atoms with Gasteiger partial charge >= 0.3 is 0 Å². The summed E-state index contributed by atoms with van der Waals surface area (Å²) in [6.45, 7) is 3.44. The number of nitrogens with zero attached hydrogens (tertiary/aromatic N) is 4. The van der Waals surface area contributed by atoms with Crippen molar-refractivity contribution in [2.24, 2.45) is 11.3 Å². The highest BCUT2D eigenvalue weighted by Gasteiger charge is 2.45. The van der Waals surface area contributed by atoms with Crippen LogP contribution in [0.15, 0.2) is 18.7 Å². The number of aryl methyl sites for hydroxylation is 1. The lowest BCUT2D eigenvalue weighted by Crippen LogP contribution is -2.44. The van der Waals surface area contributed by atoms with Crippen molar-refractivity contribution in [3.05, 3.63) is 24.3 Å². The number of hydrogen-bond acceptors (Lipinski definition) is 4. The molecule has 3 aliphatic rings. The Hall–Kier alpha value is -1.98. The van der Waals surface area contributed by atoms with Crippen molar-refractivity contribution >= 4 is 11.8 Å². The number of amides is 2.